The third kappa shape index (κ3) is 4.23. The van der Waals surface area contributed by atoms with Gasteiger partial charge in [-0.1, -0.05) is 12.8 Å². The summed E-state index contributed by atoms with van der Waals surface area (Å²) < 4.78 is 7.71. The van der Waals surface area contributed by atoms with E-state index < -0.39 is 0 Å². The largest absolute Gasteiger partial charge is 0.379 e. The van der Waals surface area contributed by atoms with Crippen LogP contribution in [0.4, 0.5) is 0 Å². The summed E-state index contributed by atoms with van der Waals surface area (Å²) in [5.41, 5.74) is 0. The van der Waals surface area contributed by atoms with Gasteiger partial charge in [-0.3, -0.25) is 4.90 Å². The molecule has 4 rings (SSSR count). The van der Waals surface area contributed by atoms with Crippen molar-refractivity contribution in [3.63, 3.8) is 0 Å². The van der Waals surface area contributed by atoms with E-state index in [2.05, 4.69) is 31.6 Å². The predicted molar refractivity (Wildman–Crippen MR) is 97.5 cm³/mol. The number of hydrogen-bond acceptors (Lipinski definition) is 5. The van der Waals surface area contributed by atoms with E-state index in [-0.39, 0.29) is 0 Å². The zero-order valence-corrected chi connectivity index (χ0v) is 15.7. The van der Waals surface area contributed by atoms with E-state index in [0.29, 0.717) is 5.92 Å². The van der Waals surface area contributed by atoms with E-state index in [0.717, 1.165) is 44.6 Å². The van der Waals surface area contributed by atoms with Gasteiger partial charge in [-0.05, 0) is 38.1 Å². The van der Waals surface area contributed by atoms with Crippen LogP contribution < -0.4 is 0 Å². The van der Waals surface area contributed by atoms with E-state index >= 15 is 0 Å². The number of hydrogen-bond donors (Lipinski definition) is 0. The molecule has 25 heavy (non-hydrogen) atoms. The van der Waals surface area contributed by atoms with E-state index in [4.69, 9.17) is 4.74 Å². The minimum atomic E-state index is 0.547. The molecule has 3 aliphatic rings. The van der Waals surface area contributed by atoms with Gasteiger partial charge in [0.15, 0.2) is 0 Å². The maximum Gasteiger partial charge on any atom is 0.146 e. The summed E-state index contributed by atoms with van der Waals surface area (Å²) in [5.74, 6) is 3.78. The van der Waals surface area contributed by atoms with E-state index in [1.54, 1.807) is 0 Å². The molecule has 3 heterocycles. The quantitative estimate of drug-likeness (QED) is 0.815. The first-order valence-corrected chi connectivity index (χ1v) is 10.2. The topological polar surface area (TPSA) is 46.4 Å². The lowest BCUT2D eigenvalue weighted by Crippen LogP contribution is -2.38. The van der Waals surface area contributed by atoms with Gasteiger partial charge in [-0.25, -0.2) is 0 Å². The Kier molecular flexibility index (Phi) is 5.68. The van der Waals surface area contributed by atoms with Crippen molar-refractivity contribution >= 4 is 0 Å². The first-order chi connectivity index (χ1) is 12.3. The highest BCUT2D eigenvalue weighted by Crippen LogP contribution is 2.30. The molecule has 0 aromatic carbocycles. The Bertz CT molecular complexity index is 548. The summed E-state index contributed by atoms with van der Waals surface area (Å²) in [7, 11) is 2.15. The van der Waals surface area contributed by atoms with Crippen molar-refractivity contribution in [2.75, 3.05) is 45.9 Å². The highest BCUT2D eigenvalue weighted by molar-refractivity contribution is 5.04. The van der Waals surface area contributed by atoms with E-state index in [1.807, 2.05) is 0 Å². The number of aromatic nitrogens is 3. The SMILES string of the molecule is Cn1c(CN2CCOCC2)nnc1C1CCCN(CC2CCCC2)C1. The normalized spacial score (nSPS) is 27.2. The Morgan fingerprint density at radius 2 is 1.76 bits per heavy atom. The number of likely N-dealkylation sites (tertiary alicyclic amines) is 1. The van der Waals surface area contributed by atoms with Crippen LogP contribution in [0.15, 0.2) is 0 Å². The third-order valence-corrected chi connectivity index (χ3v) is 6.33. The third-order valence-electron chi connectivity index (χ3n) is 6.33. The summed E-state index contributed by atoms with van der Waals surface area (Å²) in [6.45, 7) is 8.31. The molecule has 1 unspecified atom stereocenters. The Morgan fingerprint density at radius 1 is 0.960 bits per heavy atom. The molecule has 2 saturated heterocycles. The molecule has 0 spiro atoms. The van der Waals surface area contributed by atoms with Gasteiger partial charge in [0.1, 0.15) is 11.6 Å². The number of piperidine rings is 1. The number of nitrogens with zero attached hydrogens (tertiary/aromatic N) is 5. The second kappa shape index (κ2) is 8.14. The molecule has 3 fully saturated rings. The Morgan fingerprint density at radius 3 is 2.56 bits per heavy atom. The second-order valence-electron chi connectivity index (χ2n) is 8.17. The van der Waals surface area contributed by atoms with Crippen molar-refractivity contribution in [2.45, 2.75) is 51.0 Å². The molecular formula is C19H33N5O. The van der Waals surface area contributed by atoms with Crippen LogP contribution >= 0.6 is 0 Å². The fourth-order valence-electron chi connectivity index (χ4n) is 4.82. The van der Waals surface area contributed by atoms with Crippen LogP contribution in [0.25, 0.3) is 0 Å². The molecule has 0 N–H and O–H groups in total. The molecule has 1 aromatic rings. The van der Waals surface area contributed by atoms with Crippen molar-refractivity contribution in [2.24, 2.45) is 13.0 Å². The summed E-state index contributed by atoms with van der Waals surface area (Å²) in [4.78, 5) is 5.12. The van der Waals surface area contributed by atoms with Crippen molar-refractivity contribution in [3.05, 3.63) is 11.6 Å². The summed E-state index contributed by atoms with van der Waals surface area (Å²) in [6.07, 6.45) is 8.31. The maximum atomic E-state index is 5.44. The van der Waals surface area contributed by atoms with Crippen LogP contribution in [0.3, 0.4) is 0 Å². The zero-order valence-electron chi connectivity index (χ0n) is 15.7. The molecule has 140 valence electrons. The van der Waals surface area contributed by atoms with Crippen molar-refractivity contribution in [1.29, 1.82) is 0 Å². The first-order valence-electron chi connectivity index (χ1n) is 10.2. The molecule has 6 nitrogen and oxygen atoms in total. The Labute approximate surface area is 151 Å². The second-order valence-corrected chi connectivity index (χ2v) is 8.17. The lowest BCUT2D eigenvalue weighted by atomic mass is 9.95. The van der Waals surface area contributed by atoms with Crippen LogP contribution in [0.2, 0.25) is 0 Å². The molecular weight excluding hydrogens is 314 g/mol. The van der Waals surface area contributed by atoms with Gasteiger partial charge < -0.3 is 14.2 Å². The highest BCUT2D eigenvalue weighted by Gasteiger charge is 2.28. The molecule has 0 radical (unpaired) electrons. The average molecular weight is 348 g/mol. The van der Waals surface area contributed by atoms with Gasteiger partial charge in [0.05, 0.1) is 19.8 Å². The van der Waals surface area contributed by atoms with Crippen LogP contribution in [0, 0.1) is 5.92 Å². The van der Waals surface area contributed by atoms with Crippen molar-refractivity contribution < 1.29 is 4.74 Å². The number of rotatable bonds is 5. The minimum Gasteiger partial charge on any atom is -0.379 e. The lowest BCUT2D eigenvalue weighted by Gasteiger charge is -2.33. The molecule has 1 atom stereocenters. The van der Waals surface area contributed by atoms with Gasteiger partial charge in [0, 0.05) is 39.1 Å². The number of morpholine rings is 1. The lowest BCUT2D eigenvalue weighted by molar-refractivity contribution is 0.0326. The molecule has 0 amide bonds. The molecule has 1 aromatic heterocycles. The van der Waals surface area contributed by atoms with Crippen LogP contribution in [0.5, 0.6) is 0 Å². The molecule has 0 bridgehead atoms. The maximum absolute atomic E-state index is 5.44. The predicted octanol–water partition coefficient (Wildman–Crippen LogP) is 2.02. The van der Waals surface area contributed by atoms with E-state index in [1.165, 1.54) is 64.0 Å². The van der Waals surface area contributed by atoms with Crippen LogP contribution in [-0.2, 0) is 18.3 Å². The smallest absolute Gasteiger partial charge is 0.146 e. The molecule has 2 aliphatic heterocycles. The zero-order chi connectivity index (χ0) is 17.1. The molecule has 1 aliphatic carbocycles. The minimum absolute atomic E-state index is 0.547. The summed E-state index contributed by atoms with van der Waals surface area (Å²) in [5, 5.41) is 9.12. The van der Waals surface area contributed by atoms with Crippen LogP contribution in [-0.4, -0.2) is 70.5 Å². The summed E-state index contributed by atoms with van der Waals surface area (Å²) >= 11 is 0. The van der Waals surface area contributed by atoms with E-state index in [9.17, 15) is 0 Å². The van der Waals surface area contributed by atoms with Crippen molar-refractivity contribution in [1.82, 2.24) is 24.6 Å². The monoisotopic (exact) mass is 347 g/mol. The van der Waals surface area contributed by atoms with Gasteiger partial charge in [0.2, 0.25) is 0 Å². The van der Waals surface area contributed by atoms with Crippen LogP contribution in [0.1, 0.15) is 56.1 Å². The first kappa shape index (κ1) is 17.4. The number of ether oxygens (including phenoxy) is 1. The molecule has 6 heteroatoms. The van der Waals surface area contributed by atoms with Crippen molar-refractivity contribution in [3.8, 4) is 0 Å². The van der Waals surface area contributed by atoms with Gasteiger partial charge in [0.25, 0.3) is 0 Å². The Balaban J connectivity index is 1.37. The standard InChI is InChI=1S/C19H33N5O/c1-22-18(15-23-9-11-25-12-10-23)20-21-19(22)17-7-4-8-24(14-17)13-16-5-2-3-6-16/h16-17H,2-15H2,1H3. The Hall–Kier alpha value is -0.980. The summed E-state index contributed by atoms with van der Waals surface area (Å²) in [6, 6.07) is 0. The van der Waals surface area contributed by atoms with Gasteiger partial charge in [-0.15, -0.1) is 10.2 Å². The molecule has 1 saturated carbocycles. The van der Waals surface area contributed by atoms with Gasteiger partial charge >= 0.3 is 0 Å². The fraction of sp³-hybridized carbons (Fsp3) is 0.895. The average Bonchev–Trinajstić information content (AvgIpc) is 3.27. The van der Waals surface area contributed by atoms with Gasteiger partial charge in [-0.2, -0.15) is 0 Å². The fourth-order valence-corrected chi connectivity index (χ4v) is 4.82. The highest BCUT2D eigenvalue weighted by atomic mass is 16.5.